The molecule has 0 N–H and O–H groups in total. The third kappa shape index (κ3) is 4.34. The van der Waals surface area contributed by atoms with Gasteiger partial charge in [0.15, 0.2) is 0 Å². The number of ether oxygens (including phenoxy) is 2. The largest absolute Gasteiger partial charge is 0.425 e. The van der Waals surface area contributed by atoms with Gasteiger partial charge in [0, 0.05) is 44.4 Å². The summed E-state index contributed by atoms with van der Waals surface area (Å²) in [6.07, 6.45) is 0.494. The maximum Gasteiger partial charge on any atom is 0.310 e. The molecule has 0 radical (unpaired) electrons. The van der Waals surface area contributed by atoms with E-state index in [2.05, 4.69) is 0 Å². The van der Waals surface area contributed by atoms with Gasteiger partial charge in [0.1, 0.15) is 11.5 Å². The molecule has 6 rings (SSSR count). The van der Waals surface area contributed by atoms with Gasteiger partial charge in [0.2, 0.25) is 0 Å². The lowest BCUT2D eigenvalue weighted by Crippen LogP contribution is -2.07. The van der Waals surface area contributed by atoms with Crippen molar-refractivity contribution >= 4 is 78.2 Å². The van der Waals surface area contributed by atoms with Crippen LogP contribution in [0.25, 0.3) is 54.2 Å². The van der Waals surface area contributed by atoms with Gasteiger partial charge >= 0.3 is 11.9 Å². The van der Waals surface area contributed by atoms with Crippen LogP contribution in [0.1, 0.15) is 26.7 Å². The monoisotopic (exact) mass is 566 g/mol. The van der Waals surface area contributed by atoms with Gasteiger partial charge in [-0.3, -0.25) is 9.59 Å². The van der Waals surface area contributed by atoms with Crippen molar-refractivity contribution in [3.63, 3.8) is 0 Å². The molecule has 198 valence electrons. The van der Waals surface area contributed by atoms with Crippen LogP contribution in [-0.4, -0.2) is 11.9 Å². The molecule has 4 nitrogen and oxygen atoms in total. The minimum absolute atomic E-state index is 0.247. The first-order valence-corrected chi connectivity index (χ1v) is 13.9. The molecule has 0 spiro atoms. The Morgan fingerprint density at radius 1 is 0.525 bits per heavy atom. The molecule has 6 aromatic rings. The summed E-state index contributed by atoms with van der Waals surface area (Å²) in [6, 6.07) is 26.9. The standard InChI is InChI=1S/C34H24Cl2O4/c1-3-29(37)39-33-23-11-7-5-9-21(23)31(27-17-19(35)13-15-25(27)33)32-22-10-6-8-12-24(22)34(40-30(38)4-2)26-16-14-20(36)18-28(26)32/h5-18H,3-4H2,1-2H3. The van der Waals surface area contributed by atoms with Crippen LogP contribution in [-0.2, 0) is 9.59 Å². The second-order valence-electron chi connectivity index (χ2n) is 9.53. The van der Waals surface area contributed by atoms with Gasteiger partial charge in [0.05, 0.1) is 0 Å². The fourth-order valence-corrected chi connectivity index (χ4v) is 5.70. The van der Waals surface area contributed by atoms with E-state index in [4.69, 9.17) is 32.7 Å². The SMILES string of the molecule is CCC(=O)Oc1c2ccccc2c(-c2c3ccccc3c(OC(=O)CC)c3ccc(Cl)cc23)c2cc(Cl)ccc12. The van der Waals surface area contributed by atoms with Crippen molar-refractivity contribution in [1.29, 1.82) is 0 Å². The van der Waals surface area contributed by atoms with Crippen molar-refractivity contribution in [3.05, 3.63) is 95.0 Å². The summed E-state index contributed by atoms with van der Waals surface area (Å²) in [6.45, 7) is 3.54. The lowest BCUT2D eigenvalue weighted by molar-refractivity contribution is -0.134. The Kier molecular flexibility index (Phi) is 6.83. The van der Waals surface area contributed by atoms with E-state index >= 15 is 0 Å². The lowest BCUT2D eigenvalue weighted by atomic mass is 9.85. The predicted molar refractivity (Wildman–Crippen MR) is 164 cm³/mol. The Balaban J connectivity index is 1.86. The van der Waals surface area contributed by atoms with Gasteiger partial charge in [-0.25, -0.2) is 0 Å². The van der Waals surface area contributed by atoms with E-state index in [1.54, 1.807) is 26.0 Å². The van der Waals surface area contributed by atoms with Gasteiger partial charge in [-0.05, 0) is 69.1 Å². The molecular weight excluding hydrogens is 543 g/mol. The molecule has 40 heavy (non-hydrogen) atoms. The molecule has 6 aromatic carbocycles. The molecule has 0 saturated carbocycles. The van der Waals surface area contributed by atoms with E-state index in [9.17, 15) is 9.59 Å². The Labute approximate surface area is 241 Å². The van der Waals surface area contributed by atoms with Crippen molar-refractivity contribution in [3.8, 4) is 22.6 Å². The Morgan fingerprint density at radius 3 is 1.25 bits per heavy atom. The van der Waals surface area contributed by atoms with Crippen molar-refractivity contribution in [2.45, 2.75) is 26.7 Å². The number of benzene rings is 6. The highest BCUT2D eigenvalue weighted by Gasteiger charge is 2.24. The van der Waals surface area contributed by atoms with Gasteiger partial charge in [-0.15, -0.1) is 0 Å². The maximum absolute atomic E-state index is 12.5. The summed E-state index contributed by atoms with van der Waals surface area (Å²) in [4.78, 5) is 25.0. The highest BCUT2D eigenvalue weighted by Crippen LogP contribution is 2.50. The number of fused-ring (bicyclic) bond motifs is 4. The summed E-state index contributed by atoms with van der Waals surface area (Å²) in [5.41, 5.74) is 1.84. The first kappa shape index (κ1) is 26.1. The fraction of sp³-hybridized carbons (Fsp3) is 0.118. The number of halogens is 2. The predicted octanol–water partition coefficient (Wildman–Crippen LogP) is 9.90. The molecular formula is C34H24Cl2O4. The van der Waals surface area contributed by atoms with Crippen LogP contribution in [0.5, 0.6) is 11.5 Å². The van der Waals surface area contributed by atoms with E-state index < -0.39 is 0 Å². The Morgan fingerprint density at radius 2 is 0.875 bits per heavy atom. The number of hydrogen-bond donors (Lipinski definition) is 0. The molecule has 0 heterocycles. The second kappa shape index (κ2) is 10.5. The molecule has 6 heteroatoms. The van der Waals surface area contributed by atoms with Gasteiger partial charge in [-0.1, -0.05) is 85.6 Å². The van der Waals surface area contributed by atoms with E-state index in [0.717, 1.165) is 54.2 Å². The lowest BCUT2D eigenvalue weighted by Gasteiger charge is -2.21. The zero-order valence-corrected chi connectivity index (χ0v) is 23.4. The zero-order chi connectivity index (χ0) is 28.0. The van der Waals surface area contributed by atoms with Crippen LogP contribution in [0.15, 0.2) is 84.9 Å². The molecule has 0 aliphatic heterocycles. The third-order valence-corrected chi connectivity index (χ3v) is 7.60. The van der Waals surface area contributed by atoms with Gasteiger partial charge < -0.3 is 9.47 Å². The van der Waals surface area contributed by atoms with Crippen LogP contribution in [0.2, 0.25) is 10.0 Å². The molecule has 0 aliphatic rings. The number of esters is 2. The fourth-order valence-electron chi connectivity index (χ4n) is 5.35. The first-order valence-electron chi connectivity index (χ1n) is 13.1. The average Bonchev–Trinajstić information content (AvgIpc) is 2.97. The summed E-state index contributed by atoms with van der Waals surface area (Å²) in [5.74, 6) is 0.355. The molecule has 0 unspecified atom stereocenters. The summed E-state index contributed by atoms with van der Waals surface area (Å²) < 4.78 is 11.9. The number of carbonyl (C=O) groups is 2. The molecule has 0 fully saturated rings. The molecule has 0 atom stereocenters. The molecule has 0 saturated heterocycles. The topological polar surface area (TPSA) is 52.6 Å². The van der Waals surface area contributed by atoms with E-state index in [-0.39, 0.29) is 24.8 Å². The molecule has 0 bridgehead atoms. The van der Waals surface area contributed by atoms with Crippen LogP contribution < -0.4 is 9.47 Å². The Bertz CT molecular complexity index is 1850. The zero-order valence-electron chi connectivity index (χ0n) is 21.9. The normalized spacial score (nSPS) is 11.4. The second-order valence-corrected chi connectivity index (χ2v) is 10.4. The molecule has 0 amide bonds. The van der Waals surface area contributed by atoms with Crippen molar-refractivity contribution in [2.24, 2.45) is 0 Å². The van der Waals surface area contributed by atoms with E-state index in [1.165, 1.54) is 0 Å². The first-order chi connectivity index (χ1) is 19.4. The maximum atomic E-state index is 12.5. The smallest absolute Gasteiger partial charge is 0.310 e. The summed E-state index contributed by atoms with van der Waals surface area (Å²) in [7, 11) is 0. The van der Waals surface area contributed by atoms with Crippen LogP contribution in [0, 0.1) is 0 Å². The van der Waals surface area contributed by atoms with E-state index in [0.29, 0.717) is 21.5 Å². The number of rotatable bonds is 5. The highest BCUT2D eigenvalue weighted by atomic mass is 35.5. The molecule has 0 aliphatic carbocycles. The van der Waals surface area contributed by atoms with Crippen LogP contribution in [0.4, 0.5) is 0 Å². The molecule has 0 aromatic heterocycles. The Hall–Kier alpha value is -4.12. The van der Waals surface area contributed by atoms with Crippen molar-refractivity contribution < 1.29 is 19.1 Å². The van der Waals surface area contributed by atoms with Gasteiger partial charge in [0.25, 0.3) is 0 Å². The summed E-state index contributed by atoms with van der Waals surface area (Å²) in [5, 5.41) is 7.67. The van der Waals surface area contributed by atoms with Crippen LogP contribution in [0.3, 0.4) is 0 Å². The van der Waals surface area contributed by atoms with Crippen molar-refractivity contribution in [1.82, 2.24) is 0 Å². The highest BCUT2D eigenvalue weighted by molar-refractivity contribution is 6.34. The summed E-state index contributed by atoms with van der Waals surface area (Å²) >= 11 is 13.2. The average molecular weight is 567 g/mol. The number of hydrogen-bond acceptors (Lipinski definition) is 4. The van der Waals surface area contributed by atoms with Gasteiger partial charge in [-0.2, -0.15) is 0 Å². The number of carbonyl (C=O) groups excluding carboxylic acids is 2. The minimum atomic E-state index is -0.320. The minimum Gasteiger partial charge on any atom is -0.425 e. The van der Waals surface area contributed by atoms with Crippen LogP contribution >= 0.6 is 23.2 Å². The third-order valence-electron chi connectivity index (χ3n) is 7.13. The quantitative estimate of drug-likeness (QED) is 0.118. The van der Waals surface area contributed by atoms with Crippen molar-refractivity contribution in [2.75, 3.05) is 0 Å². The van der Waals surface area contributed by atoms with E-state index in [1.807, 2.05) is 72.8 Å².